The SMILES string of the molecule is Cc1ccc(NC(=O)COc2ccc(CCNc3cncc(C)n3)cc2)cc1. The average molecular weight is 376 g/mol. The van der Waals surface area contributed by atoms with E-state index in [2.05, 4.69) is 20.6 Å². The van der Waals surface area contributed by atoms with E-state index in [1.165, 1.54) is 5.56 Å². The molecule has 6 heteroatoms. The molecule has 0 saturated heterocycles. The number of nitrogens with one attached hydrogen (secondary N) is 2. The van der Waals surface area contributed by atoms with Crippen LogP contribution in [0.3, 0.4) is 0 Å². The Labute approximate surface area is 165 Å². The zero-order chi connectivity index (χ0) is 19.8. The Morgan fingerprint density at radius 2 is 1.75 bits per heavy atom. The molecule has 1 aromatic heterocycles. The molecule has 0 saturated carbocycles. The second-order valence-electron chi connectivity index (χ2n) is 6.57. The van der Waals surface area contributed by atoms with Crippen LogP contribution in [0.5, 0.6) is 5.75 Å². The number of benzene rings is 2. The molecule has 0 radical (unpaired) electrons. The molecule has 2 N–H and O–H groups in total. The van der Waals surface area contributed by atoms with Crippen molar-refractivity contribution in [2.45, 2.75) is 20.3 Å². The largest absolute Gasteiger partial charge is 0.484 e. The van der Waals surface area contributed by atoms with Gasteiger partial charge in [0.15, 0.2) is 6.61 Å². The van der Waals surface area contributed by atoms with Crippen LogP contribution in [0.4, 0.5) is 11.5 Å². The Balaban J connectivity index is 1.41. The van der Waals surface area contributed by atoms with Crippen molar-refractivity contribution in [3.05, 3.63) is 77.7 Å². The van der Waals surface area contributed by atoms with Crippen molar-refractivity contribution in [2.24, 2.45) is 0 Å². The maximum atomic E-state index is 12.0. The van der Waals surface area contributed by atoms with Gasteiger partial charge in [-0.1, -0.05) is 29.8 Å². The average Bonchev–Trinajstić information content (AvgIpc) is 2.69. The van der Waals surface area contributed by atoms with Gasteiger partial charge in [-0.3, -0.25) is 9.78 Å². The Kier molecular flexibility index (Phi) is 6.57. The Bertz CT molecular complexity index is 909. The molecule has 2 aromatic carbocycles. The van der Waals surface area contributed by atoms with Crippen molar-refractivity contribution >= 4 is 17.4 Å². The molecule has 6 nitrogen and oxygen atoms in total. The first-order chi connectivity index (χ1) is 13.6. The maximum Gasteiger partial charge on any atom is 0.262 e. The highest BCUT2D eigenvalue weighted by Gasteiger charge is 2.04. The summed E-state index contributed by atoms with van der Waals surface area (Å²) in [5, 5.41) is 6.07. The molecule has 0 bridgehead atoms. The summed E-state index contributed by atoms with van der Waals surface area (Å²) in [6.07, 6.45) is 4.29. The Morgan fingerprint density at radius 1 is 1.00 bits per heavy atom. The zero-order valence-corrected chi connectivity index (χ0v) is 16.1. The number of carbonyl (C=O) groups is 1. The lowest BCUT2D eigenvalue weighted by Gasteiger charge is -2.09. The van der Waals surface area contributed by atoms with Crippen LogP contribution in [0, 0.1) is 13.8 Å². The number of hydrogen-bond acceptors (Lipinski definition) is 5. The molecule has 144 valence electrons. The van der Waals surface area contributed by atoms with E-state index in [4.69, 9.17) is 4.74 Å². The predicted molar refractivity (Wildman–Crippen MR) is 111 cm³/mol. The number of anilines is 2. The molecule has 3 rings (SSSR count). The molecular formula is C22H24N4O2. The molecule has 0 aliphatic heterocycles. The molecule has 0 atom stereocenters. The van der Waals surface area contributed by atoms with Crippen LogP contribution in [0.25, 0.3) is 0 Å². The van der Waals surface area contributed by atoms with Crippen molar-refractivity contribution in [3.63, 3.8) is 0 Å². The van der Waals surface area contributed by atoms with Gasteiger partial charge in [0.1, 0.15) is 11.6 Å². The van der Waals surface area contributed by atoms with Gasteiger partial charge in [0.2, 0.25) is 0 Å². The van der Waals surface area contributed by atoms with Gasteiger partial charge in [0.05, 0.1) is 11.9 Å². The fourth-order valence-electron chi connectivity index (χ4n) is 2.62. The number of ether oxygens (including phenoxy) is 1. The Hall–Kier alpha value is -3.41. The molecule has 1 heterocycles. The summed E-state index contributed by atoms with van der Waals surface area (Å²) < 4.78 is 5.56. The van der Waals surface area contributed by atoms with E-state index < -0.39 is 0 Å². The number of nitrogens with zero attached hydrogens (tertiary/aromatic N) is 2. The van der Waals surface area contributed by atoms with Crippen molar-refractivity contribution in [2.75, 3.05) is 23.8 Å². The van der Waals surface area contributed by atoms with E-state index in [1.54, 1.807) is 12.4 Å². The van der Waals surface area contributed by atoms with Crippen LogP contribution in [0.15, 0.2) is 60.9 Å². The highest BCUT2D eigenvalue weighted by molar-refractivity contribution is 5.91. The van der Waals surface area contributed by atoms with E-state index in [9.17, 15) is 4.79 Å². The first-order valence-corrected chi connectivity index (χ1v) is 9.19. The molecule has 0 fully saturated rings. The molecule has 0 unspecified atom stereocenters. The van der Waals surface area contributed by atoms with Gasteiger partial charge in [0.25, 0.3) is 5.91 Å². The van der Waals surface area contributed by atoms with E-state index in [0.717, 1.165) is 35.7 Å². The fraction of sp³-hybridized carbons (Fsp3) is 0.227. The predicted octanol–water partition coefficient (Wildman–Crippen LogP) is 3.77. The van der Waals surface area contributed by atoms with Crippen molar-refractivity contribution in [1.29, 1.82) is 0 Å². The topological polar surface area (TPSA) is 76.1 Å². The summed E-state index contributed by atoms with van der Waals surface area (Å²) in [5.74, 6) is 1.26. The molecule has 0 spiro atoms. The van der Waals surface area contributed by atoms with Crippen molar-refractivity contribution < 1.29 is 9.53 Å². The highest BCUT2D eigenvalue weighted by atomic mass is 16.5. The third kappa shape index (κ3) is 6.09. The normalized spacial score (nSPS) is 10.4. The summed E-state index contributed by atoms with van der Waals surface area (Å²) in [7, 11) is 0. The lowest BCUT2D eigenvalue weighted by molar-refractivity contribution is -0.118. The zero-order valence-electron chi connectivity index (χ0n) is 16.1. The first-order valence-electron chi connectivity index (χ1n) is 9.19. The number of carbonyl (C=O) groups excluding carboxylic acids is 1. The summed E-state index contributed by atoms with van der Waals surface area (Å²) in [5.41, 5.74) is 3.97. The number of amides is 1. The van der Waals surface area contributed by atoms with E-state index in [0.29, 0.717) is 5.75 Å². The van der Waals surface area contributed by atoms with Crippen molar-refractivity contribution in [1.82, 2.24) is 9.97 Å². The maximum absolute atomic E-state index is 12.0. The molecule has 28 heavy (non-hydrogen) atoms. The van der Waals surface area contributed by atoms with Crippen LogP contribution in [0.1, 0.15) is 16.8 Å². The monoisotopic (exact) mass is 376 g/mol. The molecule has 1 amide bonds. The summed E-state index contributed by atoms with van der Waals surface area (Å²) >= 11 is 0. The standard InChI is InChI=1S/C22H24N4O2/c1-16-3-7-19(8-4-16)26-22(27)15-28-20-9-5-18(6-10-20)11-12-24-21-14-23-13-17(2)25-21/h3-10,13-14H,11-12,15H2,1-2H3,(H,24,25)(H,26,27). The van der Waals surface area contributed by atoms with E-state index in [1.807, 2.05) is 62.4 Å². The highest BCUT2D eigenvalue weighted by Crippen LogP contribution is 2.14. The van der Waals surface area contributed by atoms with Gasteiger partial charge in [-0.2, -0.15) is 0 Å². The molecule has 0 aliphatic carbocycles. The molecule has 0 aliphatic rings. The minimum atomic E-state index is -0.184. The quantitative estimate of drug-likeness (QED) is 0.626. The van der Waals surface area contributed by atoms with Crippen LogP contribution in [0.2, 0.25) is 0 Å². The minimum absolute atomic E-state index is 0.0270. The lowest BCUT2D eigenvalue weighted by Crippen LogP contribution is -2.20. The van der Waals surface area contributed by atoms with E-state index >= 15 is 0 Å². The first kappa shape index (κ1) is 19.4. The smallest absolute Gasteiger partial charge is 0.262 e. The second kappa shape index (κ2) is 9.50. The van der Waals surface area contributed by atoms with Gasteiger partial charge in [0, 0.05) is 18.4 Å². The third-order valence-electron chi connectivity index (χ3n) is 4.10. The van der Waals surface area contributed by atoms with Crippen LogP contribution in [-0.4, -0.2) is 29.0 Å². The summed E-state index contributed by atoms with van der Waals surface area (Å²) in [6, 6.07) is 15.4. The number of hydrogen-bond donors (Lipinski definition) is 2. The minimum Gasteiger partial charge on any atom is -0.484 e. The molecule has 3 aromatic rings. The summed E-state index contributed by atoms with van der Waals surface area (Å²) in [6.45, 7) is 4.65. The van der Waals surface area contributed by atoms with Gasteiger partial charge >= 0.3 is 0 Å². The van der Waals surface area contributed by atoms with Crippen LogP contribution < -0.4 is 15.4 Å². The lowest BCUT2D eigenvalue weighted by atomic mass is 10.1. The molecular weight excluding hydrogens is 352 g/mol. The summed E-state index contributed by atoms with van der Waals surface area (Å²) in [4.78, 5) is 20.5. The van der Waals surface area contributed by atoms with Gasteiger partial charge in [-0.15, -0.1) is 0 Å². The van der Waals surface area contributed by atoms with E-state index in [-0.39, 0.29) is 12.5 Å². The fourth-order valence-corrected chi connectivity index (χ4v) is 2.62. The number of rotatable bonds is 8. The number of aromatic nitrogens is 2. The van der Waals surface area contributed by atoms with Gasteiger partial charge < -0.3 is 15.4 Å². The second-order valence-corrected chi connectivity index (χ2v) is 6.57. The third-order valence-corrected chi connectivity index (χ3v) is 4.10. The van der Waals surface area contributed by atoms with Crippen LogP contribution in [-0.2, 0) is 11.2 Å². The van der Waals surface area contributed by atoms with Gasteiger partial charge in [-0.25, -0.2) is 4.98 Å². The van der Waals surface area contributed by atoms with Crippen molar-refractivity contribution in [3.8, 4) is 5.75 Å². The van der Waals surface area contributed by atoms with Gasteiger partial charge in [-0.05, 0) is 50.1 Å². The Morgan fingerprint density at radius 3 is 2.46 bits per heavy atom. The van der Waals surface area contributed by atoms with Crippen LogP contribution >= 0.6 is 0 Å². The number of aryl methyl sites for hydroxylation is 2.